The van der Waals surface area contributed by atoms with Crippen LogP contribution in [0.15, 0.2) is 97.1 Å². The van der Waals surface area contributed by atoms with Crippen LogP contribution in [0.1, 0.15) is 52.3 Å². The van der Waals surface area contributed by atoms with Crippen LogP contribution in [-0.4, -0.2) is 34.8 Å². The minimum absolute atomic E-state index is 0.0593. The predicted molar refractivity (Wildman–Crippen MR) is 149 cm³/mol. The van der Waals surface area contributed by atoms with Gasteiger partial charge >= 0.3 is 0 Å². The first kappa shape index (κ1) is 25.4. The van der Waals surface area contributed by atoms with E-state index in [0.29, 0.717) is 17.7 Å². The molecule has 1 amide bonds. The van der Waals surface area contributed by atoms with Crippen LogP contribution >= 0.6 is 0 Å². The molecule has 6 rings (SSSR count). The van der Waals surface area contributed by atoms with Gasteiger partial charge in [0, 0.05) is 30.3 Å². The van der Waals surface area contributed by atoms with E-state index in [-0.39, 0.29) is 48.6 Å². The quantitative estimate of drug-likeness (QED) is 0.282. The summed E-state index contributed by atoms with van der Waals surface area (Å²) in [5, 5.41) is 0. The van der Waals surface area contributed by atoms with Crippen LogP contribution in [0, 0.1) is 11.6 Å². The Kier molecular flexibility index (Phi) is 7.01. The monoisotopic (exact) mass is 522 g/mol. The molecule has 0 radical (unpaired) electrons. The number of hydrogen-bond acceptors (Lipinski definition) is 2. The highest BCUT2D eigenvalue weighted by Crippen LogP contribution is 2.40. The van der Waals surface area contributed by atoms with Gasteiger partial charge in [0.2, 0.25) is 5.91 Å². The molecule has 5 heteroatoms. The SMILES string of the molecule is CC1CN(CC(=O)N(Cc2ccccc2F)C2Cc3ccccc3C2)C(c2ccccc2F)c2ccccc21. The molecule has 0 saturated heterocycles. The van der Waals surface area contributed by atoms with Crippen LogP contribution in [0.3, 0.4) is 0 Å². The molecule has 0 aromatic heterocycles. The molecule has 2 aliphatic rings. The number of carbonyl (C=O) groups excluding carboxylic acids is 1. The minimum atomic E-state index is -0.376. The Morgan fingerprint density at radius 2 is 1.33 bits per heavy atom. The van der Waals surface area contributed by atoms with E-state index < -0.39 is 0 Å². The van der Waals surface area contributed by atoms with Crippen LogP contribution < -0.4 is 0 Å². The first-order valence-electron chi connectivity index (χ1n) is 13.7. The zero-order chi connectivity index (χ0) is 26.9. The van der Waals surface area contributed by atoms with Gasteiger partial charge in [-0.25, -0.2) is 8.78 Å². The molecule has 1 heterocycles. The molecule has 0 spiro atoms. The van der Waals surface area contributed by atoms with Gasteiger partial charge in [0.05, 0.1) is 12.6 Å². The van der Waals surface area contributed by atoms with Crippen LogP contribution in [0.5, 0.6) is 0 Å². The summed E-state index contributed by atoms with van der Waals surface area (Å²) in [6, 6.07) is 29.5. The van der Waals surface area contributed by atoms with Crippen LogP contribution in [0.4, 0.5) is 8.78 Å². The zero-order valence-corrected chi connectivity index (χ0v) is 22.1. The smallest absolute Gasteiger partial charge is 0.237 e. The second-order valence-electron chi connectivity index (χ2n) is 10.8. The van der Waals surface area contributed by atoms with Gasteiger partial charge in [-0.15, -0.1) is 0 Å². The highest BCUT2D eigenvalue weighted by molar-refractivity contribution is 5.79. The molecule has 0 bridgehead atoms. The van der Waals surface area contributed by atoms with Crippen molar-refractivity contribution in [2.24, 2.45) is 0 Å². The minimum Gasteiger partial charge on any atom is -0.333 e. The van der Waals surface area contributed by atoms with E-state index in [9.17, 15) is 9.18 Å². The van der Waals surface area contributed by atoms with Crippen LogP contribution in [0.2, 0.25) is 0 Å². The van der Waals surface area contributed by atoms with E-state index in [4.69, 9.17) is 0 Å². The van der Waals surface area contributed by atoms with Gasteiger partial charge in [-0.3, -0.25) is 9.69 Å². The second kappa shape index (κ2) is 10.7. The molecule has 3 nitrogen and oxygen atoms in total. The van der Waals surface area contributed by atoms with Crippen molar-refractivity contribution in [2.75, 3.05) is 13.1 Å². The van der Waals surface area contributed by atoms with E-state index in [1.807, 2.05) is 53.4 Å². The number of hydrogen-bond donors (Lipinski definition) is 0. The summed E-state index contributed by atoms with van der Waals surface area (Å²) < 4.78 is 30.0. The highest BCUT2D eigenvalue weighted by Gasteiger charge is 2.37. The summed E-state index contributed by atoms with van der Waals surface area (Å²) in [4.78, 5) is 18.2. The van der Waals surface area contributed by atoms with Crippen molar-refractivity contribution in [1.82, 2.24) is 9.80 Å². The van der Waals surface area contributed by atoms with Crippen LogP contribution in [-0.2, 0) is 24.2 Å². The highest BCUT2D eigenvalue weighted by atomic mass is 19.1. The summed E-state index contributed by atoms with van der Waals surface area (Å²) in [5.74, 6) is -0.467. The van der Waals surface area contributed by atoms with E-state index in [0.717, 1.165) is 18.4 Å². The number of carbonyl (C=O) groups is 1. The van der Waals surface area contributed by atoms with Crippen molar-refractivity contribution in [3.63, 3.8) is 0 Å². The predicted octanol–water partition coefficient (Wildman–Crippen LogP) is 6.67. The van der Waals surface area contributed by atoms with Crippen LogP contribution in [0.25, 0.3) is 0 Å². The molecule has 1 aliphatic carbocycles. The molecule has 198 valence electrons. The molecule has 0 fully saturated rings. The number of halogens is 2. The van der Waals surface area contributed by atoms with Crippen molar-refractivity contribution in [3.8, 4) is 0 Å². The third kappa shape index (κ3) is 4.99. The number of amides is 1. The molecule has 4 aromatic rings. The summed E-state index contributed by atoms with van der Waals surface area (Å²) in [7, 11) is 0. The maximum Gasteiger partial charge on any atom is 0.237 e. The van der Waals surface area contributed by atoms with Gasteiger partial charge < -0.3 is 4.90 Å². The van der Waals surface area contributed by atoms with Crippen molar-refractivity contribution in [2.45, 2.75) is 44.3 Å². The van der Waals surface area contributed by atoms with Crippen molar-refractivity contribution in [1.29, 1.82) is 0 Å². The fourth-order valence-electron chi connectivity index (χ4n) is 6.43. The van der Waals surface area contributed by atoms with E-state index in [1.165, 1.54) is 28.8 Å². The lowest BCUT2D eigenvalue weighted by Gasteiger charge is -2.41. The van der Waals surface area contributed by atoms with Crippen molar-refractivity contribution in [3.05, 3.63) is 142 Å². The lowest BCUT2D eigenvalue weighted by atomic mass is 9.83. The summed E-state index contributed by atoms with van der Waals surface area (Å²) >= 11 is 0. The third-order valence-electron chi connectivity index (χ3n) is 8.32. The van der Waals surface area contributed by atoms with Gasteiger partial charge in [-0.2, -0.15) is 0 Å². The normalized spacial score (nSPS) is 18.9. The summed E-state index contributed by atoms with van der Waals surface area (Å²) in [6.07, 6.45) is 1.48. The Morgan fingerprint density at radius 1 is 0.769 bits per heavy atom. The lowest BCUT2D eigenvalue weighted by molar-refractivity contribution is -0.136. The molecule has 1 aliphatic heterocycles. The average molecular weight is 523 g/mol. The van der Waals surface area contributed by atoms with Gasteiger partial charge in [0.1, 0.15) is 11.6 Å². The van der Waals surface area contributed by atoms with E-state index in [1.54, 1.807) is 18.2 Å². The fourth-order valence-corrected chi connectivity index (χ4v) is 6.43. The zero-order valence-electron chi connectivity index (χ0n) is 22.1. The Labute approximate surface area is 228 Å². The van der Waals surface area contributed by atoms with Gasteiger partial charge in [0.15, 0.2) is 0 Å². The van der Waals surface area contributed by atoms with Crippen molar-refractivity contribution >= 4 is 5.91 Å². The summed E-state index contributed by atoms with van der Waals surface area (Å²) in [5.41, 5.74) is 5.76. The summed E-state index contributed by atoms with van der Waals surface area (Å²) in [6.45, 7) is 3.10. The first-order valence-corrected chi connectivity index (χ1v) is 13.7. The van der Waals surface area contributed by atoms with E-state index in [2.05, 4.69) is 30.0 Å². The standard InChI is InChI=1S/C34H32F2N2O/c1-23-20-37(34(29-14-6-5-13-28(23)29)30-15-7-9-17-32(30)36)22-33(39)38(21-26-12-4-8-16-31(26)35)27-18-24-10-2-3-11-25(24)19-27/h2-17,23,27,34H,18-22H2,1H3. The fraction of sp³-hybridized carbons (Fsp3) is 0.265. The molecular formula is C34H32F2N2O. The van der Waals surface area contributed by atoms with Crippen molar-refractivity contribution < 1.29 is 13.6 Å². The number of fused-ring (bicyclic) bond motifs is 2. The van der Waals surface area contributed by atoms with Gasteiger partial charge in [-0.05, 0) is 53.1 Å². The molecule has 2 atom stereocenters. The van der Waals surface area contributed by atoms with Gasteiger partial charge in [-0.1, -0.05) is 91.9 Å². The first-order chi connectivity index (χ1) is 19.0. The lowest BCUT2D eigenvalue weighted by Crippen LogP contribution is -2.48. The molecule has 0 saturated carbocycles. The average Bonchev–Trinajstić information content (AvgIpc) is 3.37. The number of rotatable bonds is 6. The maximum absolute atomic E-state index is 15.2. The molecular weight excluding hydrogens is 490 g/mol. The third-order valence-corrected chi connectivity index (χ3v) is 8.32. The Bertz CT molecular complexity index is 1480. The molecule has 2 unspecified atom stereocenters. The van der Waals surface area contributed by atoms with Gasteiger partial charge in [0.25, 0.3) is 0 Å². The number of nitrogens with zero attached hydrogens (tertiary/aromatic N) is 2. The number of benzene rings is 4. The maximum atomic E-state index is 15.2. The Morgan fingerprint density at radius 3 is 2.00 bits per heavy atom. The Balaban J connectivity index is 1.34. The van der Waals surface area contributed by atoms with E-state index >= 15 is 4.39 Å². The molecule has 4 aromatic carbocycles. The molecule has 39 heavy (non-hydrogen) atoms. The topological polar surface area (TPSA) is 23.6 Å². The second-order valence-corrected chi connectivity index (χ2v) is 10.8. The molecule has 0 N–H and O–H groups in total. The Hall–Kier alpha value is -3.83. The largest absolute Gasteiger partial charge is 0.333 e.